The first-order chi connectivity index (χ1) is 8.31. The van der Waals surface area contributed by atoms with Gasteiger partial charge in [-0.15, -0.1) is 5.10 Å². The van der Waals surface area contributed by atoms with Crippen LogP contribution in [0.3, 0.4) is 0 Å². The van der Waals surface area contributed by atoms with Gasteiger partial charge in [-0.3, -0.25) is 10.00 Å². The Morgan fingerprint density at radius 1 is 1.65 bits per heavy atom. The summed E-state index contributed by atoms with van der Waals surface area (Å²) in [6, 6.07) is 1.42. The maximum absolute atomic E-state index is 12.0. The Labute approximate surface area is 99.9 Å². The van der Waals surface area contributed by atoms with Crippen molar-refractivity contribution in [3.05, 3.63) is 12.3 Å². The van der Waals surface area contributed by atoms with Crippen molar-refractivity contribution in [3.8, 4) is 5.88 Å². The van der Waals surface area contributed by atoms with Crippen molar-refractivity contribution in [1.82, 2.24) is 15.1 Å². The van der Waals surface area contributed by atoms with Gasteiger partial charge in [-0.05, 0) is 6.42 Å². The van der Waals surface area contributed by atoms with E-state index in [4.69, 9.17) is 9.47 Å². The minimum absolute atomic E-state index is 0.212. The van der Waals surface area contributed by atoms with Gasteiger partial charge in [0.1, 0.15) is 6.04 Å². The summed E-state index contributed by atoms with van der Waals surface area (Å²) in [6.45, 7) is 4.87. The second-order valence-corrected chi connectivity index (χ2v) is 3.91. The maximum atomic E-state index is 12.0. The Bertz CT molecular complexity index is 347. The van der Waals surface area contributed by atoms with Gasteiger partial charge in [0.15, 0.2) is 0 Å². The minimum atomic E-state index is -0.249. The number of nitrogens with one attached hydrogen (secondary N) is 1. The molecule has 1 N–H and O–H groups in total. The van der Waals surface area contributed by atoms with Gasteiger partial charge in [0.05, 0.1) is 13.2 Å². The Balaban J connectivity index is 1.94. The summed E-state index contributed by atoms with van der Waals surface area (Å²) in [4.78, 5) is 14.1. The fraction of sp³-hybridized carbons (Fsp3) is 0.636. The summed E-state index contributed by atoms with van der Waals surface area (Å²) in [7, 11) is 0. The van der Waals surface area contributed by atoms with Crippen LogP contribution >= 0.6 is 0 Å². The average Bonchev–Trinajstić information content (AvgIpc) is 2.84. The average molecular weight is 239 g/mol. The van der Waals surface area contributed by atoms with Gasteiger partial charge in [0.2, 0.25) is 5.88 Å². The largest absolute Gasteiger partial charge is 0.405 e. The summed E-state index contributed by atoms with van der Waals surface area (Å²) in [5.74, 6) is 0.0724. The van der Waals surface area contributed by atoms with Crippen LogP contribution in [0.4, 0.5) is 0 Å². The summed E-state index contributed by atoms with van der Waals surface area (Å²) in [5.41, 5.74) is 0. The fourth-order valence-corrected chi connectivity index (χ4v) is 1.94. The van der Waals surface area contributed by atoms with Crippen LogP contribution < -0.4 is 4.74 Å². The molecule has 1 fully saturated rings. The van der Waals surface area contributed by atoms with E-state index in [1.807, 2.05) is 6.92 Å². The molecule has 17 heavy (non-hydrogen) atoms. The fourth-order valence-electron chi connectivity index (χ4n) is 1.94. The molecule has 1 aromatic rings. The number of nitrogens with zero attached hydrogens (tertiary/aromatic N) is 2. The number of ether oxygens (including phenoxy) is 2. The first-order valence-corrected chi connectivity index (χ1v) is 5.84. The Morgan fingerprint density at radius 3 is 3.00 bits per heavy atom. The highest BCUT2D eigenvalue weighted by Gasteiger charge is 2.27. The lowest BCUT2D eigenvalue weighted by molar-refractivity contribution is -0.142. The van der Waals surface area contributed by atoms with Gasteiger partial charge in [0.25, 0.3) is 0 Å². The molecule has 0 saturated carbocycles. The molecular formula is C11H17N3O3. The number of esters is 1. The molecule has 1 aliphatic rings. The lowest BCUT2D eigenvalue weighted by atomic mass is 10.2. The molecule has 0 aliphatic carbocycles. The van der Waals surface area contributed by atoms with Crippen molar-refractivity contribution in [2.24, 2.45) is 0 Å². The van der Waals surface area contributed by atoms with Gasteiger partial charge in [0, 0.05) is 25.4 Å². The third-order valence-corrected chi connectivity index (χ3v) is 2.83. The zero-order valence-electron chi connectivity index (χ0n) is 9.89. The number of aromatic amines is 1. The Kier molecular flexibility index (Phi) is 4.11. The monoisotopic (exact) mass is 239 g/mol. The van der Waals surface area contributed by atoms with Gasteiger partial charge in [-0.2, -0.15) is 0 Å². The highest BCUT2D eigenvalue weighted by Crippen LogP contribution is 2.11. The maximum Gasteiger partial charge on any atom is 0.330 e. The van der Waals surface area contributed by atoms with E-state index in [1.165, 1.54) is 0 Å². The summed E-state index contributed by atoms with van der Waals surface area (Å²) in [5, 5.41) is 6.42. The topological polar surface area (TPSA) is 67.5 Å². The quantitative estimate of drug-likeness (QED) is 0.771. The molecule has 1 unspecified atom stereocenters. The van der Waals surface area contributed by atoms with E-state index in [0.29, 0.717) is 19.1 Å². The molecule has 1 aliphatic heterocycles. The smallest absolute Gasteiger partial charge is 0.330 e. The molecule has 1 saturated heterocycles. The standard InChI is InChI=1S/C11H17N3O3/c1-2-9(14-5-7-16-8-6-14)11(15)17-10-3-4-12-13-10/h3-4,9H,2,5-8H2,1H3,(H,12,13). The predicted octanol–water partition coefficient (Wildman–Crippen LogP) is 0.426. The highest BCUT2D eigenvalue weighted by molar-refractivity contribution is 5.77. The molecule has 0 spiro atoms. The number of hydrogen-bond donors (Lipinski definition) is 1. The van der Waals surface area contributed by atoms with Crippen molar-refractivity contribution in [3.63, 3.8) is 0 Å². The number of rotatable bonds is 4. The van der Waals surface area contributed by atoms with Gasteiger partial charge in [-0.1, -0.05) is 6.92 Å². The number of morpholine rings is 1. The molecule has 94 valence electrons. The number of carbonyl (C=O) groups excluding carboxylic acids is 1. The minimum Gasteiger partial charge on any atom is -0.405 e. The van der Waals surface area contributed by atoms with Crippen LogP contribution in [0.2, 0.25) is 0 Å². The van der Waals surface area contributed by atoms with Gasteiger partial charge in [-0.25, -0.2) is 4.79 Å². The molecular weight excluding hydrogens is 222 g/mol. The van der Waals surface area contributed by atoms with Crippen LogP contribution in [0.1, 0.15) is 13.3 Å². The molecule has 0 amide bonds. The molecule has 0 aromatic carbocycles. The van der Waals surface area contributed by atoms with Crippen molar-refractivity contribution in [1.29, 1.82) is 0 Å². The van der Waals surface area contributed by atoms with E-state index < -0.39 is 0 Å². The Morgan fingerprint density at radius 2 is 2.41 bits per heavy atom. The molecule has 0 radical (unpaired) electrons. The molecule has 6 heteroatoms. The van der Waals surface area contributed by atoms with Crippen LogP contribution in [0.15, 0.2) is 12.3 Å². The highest BCUT2D eigenvalue weighted by atomic mass is 16.5. The number of H-pyrrole nitrogens is 1. The normalized spacial score (nSPS) is 18.9. The second kappa shape index (κ2) is 5.79. The van der Waals surface area contributed by atoms with Crippen LogP contribution in [0.25, 0.3) is 0 Å². The molecule has 1 aromatic heterocycles. The van der Waals surface area contributed by atoms with Crippen molar-refractivity contribution >= 4 is 5.97 Å². The van der Waals surface area contributed by atoms with Gasteiger partial charge < -0.3 is 9.47 Å². The van der Waals surface area contributed by atoms with E-state index in [2.05, 4.69) is 15.1 Å². The molecule has 2 rings (SSSR count). The summed E-state index contributed by atoms with van der Waals surface area (Å²) in [6.07, 6.45) is 2.35. The van der Waals surface area contributed by atoms with Crippen LogP contribution in [0.5, 0.6) is 5.88 Å². The lowest BCUT2D eigenvalue weighted by Gasteiger charge is -2.32. The van der Waals surface area contributed by atoms with E-state index in [0.717, 1.165) is 19.5 Å². The predicted molar refractivity (Wildman–Crippen MR) is 60.7 cm³/mol. The van der Waals surface area contributed by atoms with Crippen LogP contribution in [-0.4, -0.2) is 53.4 Å². The lowest BCUT2D eigenvalue weighted by Crippen LogP contribution is -2.48. The van der Waals surface area contributed by atoms with E-state index >= 15 is 0 Å². The zero-order valence-corrected chi connectivity index (χ0v) is 9.89. The third kappa shape index (κ3) is 3.04. The Hall–Kier alpha value is -1.40. The van der Waals surface area contributed by atoms with Crippen molar-refractivity contribution in [2.45, 2.75) is 19.4 Å². The summed E-state index contributed by atoms with van der Waals surface area (Å²) >= 11 is 0. The number of hydrogen-bond acceptors (Lipinski definition) is 5. The second-order valence-electron chi connectivity index (χ2n) is 3.91. The summed E-state index contributed by atoms with van der Waals surface area (Å²) < 4.78 is 10.5. The molecule has 6 nitrogen and oxygen atoms in total. The molecule has 2 heterocycles. The first kappa shape index (κ1) is 12.1. The van der Waals surface area contributed by atoms with Crippen LogP contribution in [-0.2, 0) is 9.53 Å². The SMILES string of the molecule is CCC(C(=O)Oc1cc[nH]n1)N1CCOCC1. The van der Waals surface area contributed by atoms with Crippen molar-refractivity contribution in [2.75, 3.05) is 26.3 Å². The third-order valence-electron chi connectivity index (χ3n) is 2.83. The van der Waals surface area contributed by atoms with E-state index in [9.17, 15) is 4.79 Å². The van der Waals surface area contributed by atoms with Crippen LogP contribution in [0, 0.1) is 0 Å². The zero-order chi connectivity index (χ0) is 12.1. The van der Waals surface area contributed by atoms with Gasteiger partial charge >= 0.3 is 5.97 Å². The first-order valence-electron chi connectivity index (χ1n) is 5.84. The van der Waals surface area contributed by atoms with E-state index in [-0.39, 0.29) is 12.0 Å². The number of carbonyl (C=O) groups is 1. The molecule has 0 bridgehead atoms. The molecule has 1 atom stereocenters. The van der Waals surface area contributed by atoms with Crippen molar-refractivity contribution < 1.29 is 14.3 Å². The van der Waals surface area contributed by atoms with E-state index in [1.54, 1.807) is 12.3 Å². The number of aromatic nitrogens is 2.